The van der Waals surface area contributed by atoms with Crippen LogP contribution in [0.15, 0.2) is 17.0 Å². The lowest BCUT2D eigenvalue weighted by atomic mass is 10.2. The molecule has 1 aliphatic rings. The Morgan fingerprint density at radius 3 is 2.59 bits per heavy atom. The van der Waals surface area contributed by atoms with Gasteiger partial charge < -0.3 is 9.29 Å². The summed E-state index contributed by atoms with van der Waals surface area (Å²) in [4.78, 5) is 12.4. The number of halogens is 4. The molecule has 0 radical (unpaired) electrons. The standard InChI is InChI=1S/C13H13F4NO3S/c1-7-3-9(14)10(18-5-8(2)21-12(18)19)4-11(7)22(20)6-13(15,16)17/h3-4,8H,5-6H2,1-2H3. The average Bonchev–Trinajstić information content (AvgIpc) is 2.66. The summed E-state index contributed by atoms with van der Waals surface area (Å²) in [5.74, 6) is -2.31. The highest BCUT2D eigenvalue weighted by atomic mass is 32.2. The highest BCUT2D eigenvalue weighted by Gasteiger charge is 2.37. The second-order valence-electron chi connectivity index (χ2n) is 4.98. The Labute approximate surface area is 127 Å². The first-order valence-electron chi connectivity index (χ1n) is 6.32. The molecular weight excluding hydrogens is 326 g/mol. The van der Waals surface area contributed by atoms with Crippen LogP contribution in [0.3, 0.4) is 0 Å². The first-order valence-corrected chi connectivity index (χ1v) is 7.64. The topological polar surface area (TPSA) is 52.6 Å². The molecule has 22 heavy (non-hydrogen) atoms. The van der Waals surface area contributed by atoms with Crippen molar-refractivity contribution in [3.63, 3.8) is 0 Å². The van der Waals surface area contributed by atoms with Crippen molar-refractivity contribution in [3.05, 3.63) is 23.5 Å². The zero-order valence-corrected chi connectivity index (χ0v) is 12.6. The summed E-state index contributed by atoms with van der Waals surface area (Å²) < 4.78 is 67.8. The van der Waals surface area contributed by atoms with Gasteiger partial charge in [-0.3, -0.25) is 4.90 Å². The number of carbonyl (C=O) groups excluding carboxylic acids is 1. The van der Waals surface area contributed by atoms with Crippen molar-refractivity contribution in [2.75, 3.05) is 17.2 Å². The Balaban J connectivity index is 2.37. The number of hydrogen-bond donors (Lipinski definition) is 0. The maximum atomic E-state index is 14.0. The first-order chi connectivity index (χ1) is 10.1. The maximum Gasteiger partial charge on any atom is 0.433 e. The maximum absolute atomic E-state index is 14.0. The van der Waals surface area contributed by atoms with Crippen LogP contribution in [0.1, 0.15) is 12.5 Å². The summed E-state index contributed by atoms with van der Waals surface area (Å²) in [6.07, 6.45) is -5.85. The second-order valence-corrected chi connectivity index (χ2v) is 6.40. The van der Waals surface area contributed by atoms with E-state index in [1.54, 1.807) is 6.92 Å². The molecule has 1 heterocycles. The predicted molar refractivity (Wildman–Crippen MR) is 71.8 cm³/mol. The van der Waals surface area contributed by atoms with Gasteiger partial charge in [0.05, 0.1) is 12.2 Å². The van der Waals surface area contributed by atoms with Gasteiger partial charge in [0.1, 0.15) is 11.9 Å². The molecule has 122 valence electrons. The first kappa shape index (κ1) is 16.9. The van der Waals surface area contributed by atoms with Crippen LogP contribution in [0.25, 0.3) is 0 Å². The van der Waals surface area contributed by atoms with Crippen LogP contribution >= 0.6 is 0 Å². The fraction of sp³-hybridized carbons (Fsp3) is 0.462. The van der Waals surface area contributed by atoms with Crippen LogP contribution in [0.4, 0.5) is 28.0 Å². The van der Waals surface area contributed by atoms with Gasteiger partial charge in [-0.1, -0.05) is 0 Å². The van der Waals surface area contributed by atoms with Gasteiger partial charge in [-0.2, -0.15) is 13.2 Å². The number of benzene rings is 1. The minimum Gasteiger partial charge on any atom is -0.611 e. The number of carbonyl (C=O) groups is 1. The largest absolute Gasteiger partial charge is 0.611 e. The van der Waals surface area contributed by atoms with E-state index in [0.717, 1.165) is 17.0 Å². The minimum absolute atomic E-state index is 0.0736. The van der Waals surface area contributed by atoms with E-state index in [2.05, 4.69) is 0 Å². The molecule has 0 spiro atoms. The monoisotopic (exact) mass is 339 g/mol. The van der Waals surface area contributed by atoms with Gasteiger partial charge in [0.25, 0.3) is 0 Å². The van der Waals surface area contributed by atoms with Gasteiger partial charge >= 0.3 is 12.3 Å². The molecule has 1 aromatic rings. The van der Waals surface area contributed by atoms with E-state index in [4.69, 9.17) is 4.74 Å². The third-order valence-electron chi connectivity index (χ3n) is 3.04. The van der Waals surface area contributed by atoms with Gasteiger partial charge in [0, 0.05) is 11.6 Å². The van der Waals surface area contributed by atoms with E-state index in [1.807, 2.05) is 0 Å². The number of anilines is 1. The molecule has 2 atom stereocenters. The molecule has 0 saturated carbocycles. The Hall–Kier alpha value is -1.48. The van der Waals surface area contributed by atoms with Crippen LogP contribution in [0.2, 0.25) is 0 Å². The quantitative estimate of drug-likeness (QED) is 0.628. The summed E-state index contributed by atoms with van der Waals surface area (Å²) in [7, 11) is 0. The normalized spacial score (nSPS) is 20.2. The molecule has 0 bridgehead atoms. The highest BCUT2D eigenvalue weighted by Crippen LogP contribution is 2.32. The Morgan fingerprint density at radius 2 is 2.09 bits per heavy atom. The van der Waals surface area contributed by atoms with Crippen LogP contribution in [0, 0.1) is 12.7 Å². The SMILES string of the molecule is Cc1cc(F)c(N2CC(C)OC2=O)cc1[S+]([O-])CC(F)(F)F. The van der Waals surface area contributed by atoms with E-state index >= 15 is 0 Å². The molecule has 4 nitrogen and oxygen atoms in total. The molecule has 1 aromatic carbocycles. The molecule has 1 saturated heterocycles. The smallest absolute Gasteiger partial charge is 0.433 e. The van der Waals surface area contributed by atoms with E-state index in [-0.39, 0.29) is 22.7 Å². The lowest BCUT2D eigenvalue weighted by molar-refractivity contribution is -0.106. The molecule has 1 aliphatic heterocycles. The number of nitrogens with zero attached hydrogens (tertiary/aromatic N) is 1. The van der Waals surface area contributed by atoms with Gasteiger partial charge in [-0.15, -0.1) is 0 Å². The molecule has 1 fully saturated rings. The molecular formula is C13H13F4NO3S. The average molecular weight is 339 g/mol. The molecule has 0 aliphatic carbocycles. The predicted octanol–water partition coefficient (Wildman–Crippen LogP) is 3.15. The molecule has 1 amide bonds. The summed E-state index contributed by atoms with van der Waals surface area (Å²) in [5.41, 5.74) is -0.102. The van der Waals surface area contributed by atoms with Crippen LogP contribution < -0.4 is 4.90 Å². The second kappa shape index (κ2) is 5.96. The summed E-state index contributed by atoms with van der Waals surface area (Å²) in [6.45, 7) is 3.04. The molecule has 2 unspecified atom stereocenters. The van der Waals surface area contributed by atoms with Crippen molar-refractivity contribution in [2.45, 2.75) is 31.0 Å². The summed E-state index contributed by atoms with van der Waals surface area (Å²) in [5, 5.41) is 0. The van der Waals surface area contributed by atoms with Gasteiger partial charge in [-0.25, -0.2) is 9.18 Å². The summed E-state index contributed by atoms with van der Waals surface area (Å²) in [6, 6.07) is 1.99. The van der Waals surface area contributed by atoms with Crippen LogP contribution in [-0.4, -0.2) is 35.2 Å². The van der Waals surface area contributed by atoms with E-state index in [0.29, 0.717) is 0 Å². The zero-order chi connectivity index (χ0) is 16.7. The zero-order valence-electron chi connectivity index (χ0n) is 11.7. The fourth-order valence-corrected chi connectivity index (χ4v) is 3.24. The molecule has 9 heteroatoms. The number of aryl methyl sites for hydroxylation is 1. The Kier molecular flexibility index (Phi) is 4.57. The van der Waals surface area contributed by atoms with Crippen LogP contribution in [-0.2, 0) is 15.9 Å². The van der Waals surface area contributed by atoms with Crippen molar-refractivity contribution in [1.82, 2.24) is 0 Å². The van der Waals surface area contributed by atoms with Crippen LogP contribution in [0.5, 0.6) is 0 Å². The molecule has 0 aromatic heterocycles. The van der Waals surface area contributed by atoms with E-state index < -0.39 is 41.1 Å². The van der Waals surface area contributed by atoms with Gasteiger partial charge in [0.2, 0.25) is 5.75 Å². The van der Waals surface area contributed by atoms with Crippen molar-refractivity contribution in [3.8, 4) is 0 Å². The number of rotatable bonds is 3. The number of hydrogen-bond acceptors (Lipinski definition) is 3. The summed E-state index contributed by atoms with van der Waals surface area (Å²) >= 11 is -2.37. The Bertz CT molecular complexity index is 593. The number of cyclic esters (lactones) is 1. The lowest BCUT2D eigenvalue weighted by Gasteiger charge is -2.18. The number of alkyl halides is 3. The van der Waals surface area contributed by atoms with Crippen molar-refractivity contribution < 1.29 is 31.6 Å². The number of amides is 1. The lowest BCUT2D eigenvalue weighted by Crippen LogP contribution is -2.27. The van der Waals surface area contributed by atoms with Crippen molar-refractivity contribution in [2.24, 2.45) is 0 Å². The molecule has 2 rings (SSSR count). The minimum atomic E-state index is -4.60. The third-order valence-corrected chi connectivity index (χ3v) is 4.56. The third kappa shape index (κ3) is 3.64. The van der Waals surface area contributed by atoms with E-state index in [9.17, 15) is 26.9 Å². The highest BCUT2D eigenvalue weighted by molar-refractivity contribution is 7.91. The Morgan fingerprint density at radius 1 is 1.45 bits per heavy atom. The number of ether oxygens (including phenoxy) is 1. The van der Waals surface area contributed by atoms with E-state index in [1.165, 1.54) is 6.92 Å². The van der Waals surface area contributed by atoms with Gasteiger partial charge in [-0.05, 0) is 31.1 Å². The van der Waals surface area contributed by atoms with Crippen molar-refractivity contribution >= 4 is 23.0 Å². The van der Waals surface area contributed by atoms with Crippen molar-refractivity contribution in [1.29, 1.82) is 0 Å². The molecule has 0 N–H and O–H groups in total. The fourth-order valence-electron chi connectivity index (χ4n) is 2.12. The van der Waals surface area contributed by atoms with Gasteiger partial charge in [0.15, 0.2) is 4.90 Å².